The Kier molecular flexibility index (Phi) is 9.57. The Morgan fingerprint density at radius 3 is 1.37 bits per heavy atom. The van der Waals surface area contributed by atoms with E-state index in [2.05, 4.69) is 264 Å². The lowest BCUT2D eigenvalue weighted by atomic mass is 9.93. The van der Waals surface area contributed by atoms with Crippen LogP contribution in [0.15, 0.2) is 255 Å². The number of rotatable bonds is 9. The zero-order valence-electron chi connectivity index (χ0n) is 34.1. The minimum Gasteiger partial charge on any atom is -0.309 e. The van der Waals surface area contributed by atoms with E-state index in [9.17, 15) is 0 Å². The highest BCUT2D eigenvalue weighted by Crippen LogP contribution is 2.48. The molecule has 0 atom stereocenters. The van der Waals surface area contributed by atoms with Gasteiger partial charge in [0.25, 0.3) is 0 Å². The lowest BCUT2D eigenvalue weighted by molar-refractivity contribution is 1.18. The van der Waals surface area contributed by atoms with Crippen LogP contribution in [0.1, 0.15) is 0 Å². The fourth-order valence-electron chi connectivity index (χ4n) is 9.16. The highest BCUT2D eigenvalue weighted by molar-refractivity contribution is 6.17. The predicted molar refractivity (Wildman–Crippen MR) is 263 cm³/mol. The topological polar surface area (TPSA) is 8.17 Å². The molecule has 11 aromatic rings. The van der Waals surface area contributed by atoms with Crippen LogP contribution in [-0.2, 0) is 0 Å². The Balaban J connectivity index is 1.14. The molecule has 0 saturated carbocycles. The monoisotopic (exact) mass is 790 g/mol. The molecule has 0 N–H and O–H groups in total. The first-order valence-electron chi connectivity index (χ1n) is 21.3. The van der Waals surface area contributed by atoms with Crippen LogP contribution in [0.25, 0.3) is 83.1 Å². The van der Waals surface area contributed by atoms with E-state index in [1.54, 1.807) is 0 Å². The third-order valence-corrected chi connectivity index (χ3v) is 12.0. The molecule has 0 bridgehead atoms. The standard InChI is InChI=1S/C60H42N2/c1-4-19-43(20-5-1)45-35-37-48(38-36-45)51-26-12-15-30-55(51)61(49-41-39-46(40-42-49)44-21-6-2-7-22-44)58-33-18-34-59-60(58)54-29-14-17-32-57(54)62(59)56-31-16-13-28-53(56)52-27-11-10-25-50(52)47-23-8-3-9-24-47/h1-42H. The molecule has 62 heavy (non-hydrogen) atoms. The second-order valence-electron chi connectivity index (χ2n) is 15.7. The highest BCUT2D eigenvalue weighted by Gasteiger charge is 2.24. The van der Waals surface area contributed by atoms with Gasteiger partial charge in [-0.1, -0.05) is 212 Å². The molecule has 0 unspecified atom stereocenters. The molecule has 0 aliphatic carbocycles. The van der Waals surface area contributed by atoms with Gasteiger partial charge in [-0.2, -0.15) is 0 Å². The van der Waals surface area contributed by atoms with E-state index >= 15 is 0 Å². The van der Waals surface area contributed by atoms with Crippen molar-refractivity contribution in [2.24, 2.45) is 0 Å². The van der Waals surface area contributed by atoms with Gasteiger partial charge >= 0.3 is 0 Å². The van der Waals surface area contributed by atoms with Crippen molar-refractivity contribution in [1.82, 2.24) is 4.57 Å². The molecule has 1 aromatic heterocycles. The van der Waals surface area contributed by atoms with Gasteiger partial charge < -0.3 is 9.47 Å². The molecule has 2 heteroatoms. The number of anilines is 3. The summed E-state index contributed by atoms with van der Waals surface area (Å²) in [7, 11) is 0. The van der Waals surface area contributed by atoms with Gasteiger partial charge in [-0.05, 0) is 87.0 Å². The van der Waals surface area contributed by atoms with Crippen LogP contribution in [0.2, 0.25) is 0 Å². The van der Waals surface area contributed by atoms with Gasteiger partial charge in [0, 0.05) is 27.6 Å². The fourth-order valence-corrected chi connectivity index (χ4v) is 9.16. The summed E-state index contributed by atoms with van der Waals surface area (Å²) in [5, 5.41) is 2.38. The van der Waals surface area contributed by atoms with Crippen LogP contribution in [-0.4, -0.2) is 4.57 Å². The fraction of sp³-hybridized carbons (Fsp3) is 0. The molecule has 292 valence electrons. The quantitative estimate of drug-likeness (QED) is 0.141. The normalized spacial score (nSPS) is 11.2. The van der Waals surface area contributed by atoms with Crippen molar-refractivity contribution >= 4 is 38.9 Å². The van der Waals surface area contributed by atoms with Gasteiger partial charge in [0.15, 0.2) is 0 Å². The maximum atomic E-state index is 2.47. The van der Waals surface area contributed by atoms with Gasteiger partial charge in [-0.3, -0.25) is 0 Å². The van der Waals surface area contributed by atoms with Crippen molar-refractivity contribution in [3.63, 3.8) is 0 Å². The molecule has 11 rings (SSSR count). The number of nitrogens with zero attached hydrogens (tertiary/aromatic N) is 2. The Morgan fingerprint density at radius 2 is 0.694 bits per heavy atom. The van der Waals surface area contributed by atoms with Crippen molar-refractivity contribution in [2.75, 3.05) is 4.90 Å². The van der Waals surface area contributed by atoms with Crippen molar-refractivity contribution in [3.8, 4) is 61.3 Å². The number of benzene rings is 10. The number of hydrogen-bond acceptors (Lipinski definition) is 1. The van der Waals surface area contributed by atoms with E-state index in [-0.39, 0.29) is 0 Å². The molecule has 0 saturated heterocycles. The molecular formula is C60H42N2. The van der Waals surface area contributed by atoms with Gasteiger partial charge in [-0.25, -0.2) is 0 Å². The van der Waals surface area contributed by atoms with Crippen LogP contribution < -0.4 is 4.90 Å². The van der Waals surface area contributed by atoms with Gasteiger partial charge in [0.2, 0.25) is 0 Å². The molecule has 0 radical (unpaired) electrons. The summed E-state index contributed by atoms with van der Waals surface area (Å²) in [6.45, 7) is 0. The van der Waals surface area contributed by atoms with Crippen LogP contribution in [0.3, 0.4) is 0 Å². The Morgan fingerprint density at radius 1 is 0.258 bits per heavy atom. The number of hydrogen-bond donors (Lipinski definition) is 0. The Bertz CT molecular complexity index is 3310. The zero-order chi connectivity index (χ0) is 41.2. The van der Waals surface area contributed by atoms with Crippen LogP contribution >= 0.6 is 0 Å². The maximum absolute atomic E-state index is 2.47. The summed E-state index contributed by atoms with van der Waals surface area (Å²) in [6, 6.07) is 92.1. The van der Waals surface area contributed by atoms with Crippen LogP contribution in [0.5, 0.6) is 0 Å². The minimum atomic E-state index is 1.08. The maximum Gasteiger partial charge on any atom is 0.0562 e. The van der Waals surface area contributed by atoms with Crippen molar-refractivity contribution in [1.29, 1.82) is 0 Å². The molecule has 0 aliphatic heterocycles. The molecule has 0 fully saturated rings. The average Bonchev–Trinajstić information content (AvgIpc) is 3.70. The summed E-state index contributed by atoms with van der Waals surface area (Å²) in [6.07, 6.45) is 0. The first kappa shape index (κ1) is 36.8. The molecular weight excluding hydrogens is 749 g/mol. The van der Waals surface area contributed by atoms with Gasteiger partial charge in [0.05, 0.1) is 28.1 Å². The first-order chi connectivity index (χ1) is 30.8. The minimum absolute atomic E-state index is 1.08. The lowest BCUT2D eigenvalue weighted by Gasteiger charge is -2.29. The van der Waals surface area contributed by atoms with E-state index in [1.165, 1.54) is 55.3 Å². The van der Waals surface area contributed by atoms with Gasteiger partial charge in [-0.15, -0.1) is 0 Å². The van der Waals surface area contributed by atoms with Crippen molar-refractivity contribution in [3.05, 3.63) is 255 Å². The Labute approximate surface area is 362 Å². The molecule has 10 aromatic carbocycles. The average molecular weight is 791 g/mol. The predicted octanol–water partition coefficient (Wildman–Crippen LogP) is 16.6. The molecule has 1 heterocycles. The smallest absolute Gasteiger partial charge is 0.0562 e. The van der Waals surface area contributed by atoms with Crippen molar-refractivity contribution < 1.29 is 0 Å². The summed E-state index contributed by atoms with van der Waals surface area (Å²) in [4.78, 5) is 2.46. The summed E-state index contributed by atoms with van der Waals surface area (Å²) < 4.78 is 2.47. The number of fused-ring (bicyclic) bond motifs is 3. The molecule has 2 nitrogen and oxygen atoms in total. The van der Waals surface area contributed by atoms with E-state index in [1.807, 2.05) is 0 Å². The molecule has 0 aliphatic rings. The van der Waals surface area contributed by atoms with Crippen LogP contribution in [0, 0.1) is 0 Å². The van der Waals surface area contributed by atoms with Crippen LogP contribution in [0.4, 0.5) is 17.1 Å². The second-order valence-corrected chi connectivity index (χ2v) is 15.7. The van der Waals surface area contributed by atoms with E-state index < -0.39 is 0 Å². The lowest BCUT2D eigenvalue weighted by Crippen LogP contribution is -2.11. The highest BCUT2D eigenvalue weighted by atomic mass is 15.2. The summed E-state index contributed by atoms with van der Waals surface area (Å²) in [5.74, 6) is 0. The first-order valence-corrected chi connectivity index (χ1v) is 21.3. The molecule has 0 amide bonds. The number of aromatic nitrogens is 1. The third-order valence-electron chi connectivity index (χ3n) is 12.0. The number of para-hydroxylation sites is 3. The Hall–Kier alpha value is -8.20. The van der Waals surface area contributed by atoms with E-state index in [4.69, 9.17) is 0 Å². The molecule has 0 spiro atoms. The van der Waals surface area contributed by atoms with E-state index in [0.717, 1.165) is 44.9 Å². The van der Waals surface area contributed by atoms with E-state index in [0.29, 0.717) is 0 Å². The summed E-state index contributed by atoms with van der Waals surface area (Å²) in [5.41, 5.74) is 18.6. The SMILES string of the molecule is c1ccc(-c2ccc(-c3ccccc3N(c3ccc(-c4ccccc4)cc3)c3cccc4c3c3ccccc3n4-c3ccccc3-c3ccccc3-c3ccccc3)cc2)cc1. The van der Waals surface area contributed by atoms with Crippen molar-refractivity contribution in [2.45, 2.75) is 0 Å². The van der Waals surface area contributed by atoms with Gasteiger partial charge in [0.1, 0.15) is 0 Å². The third kappa shape index (κ3) is 6.65. The zero-order valence-corrected chi connectivity index (χ0v) is 34.1. The largest absolute Gasteiger partial charge is 0.309 e. The summed E-state index contributed by atoms with van der Waals surface area (Å²) >= 11 is 0. The second kappa shape index (κ2) is 16.1.